The van der Waals surface area contributed by atoms with E-state index in [1.54, 1.807) is 24.3 Å². The standard InChI is InChI=1S/C17H20N4O5/c1-12(22)13-4-6-15(7-5-13)26-8-2-3-16(23)18-9-14-10-21(20-19-14)11-17(24)25/h4-7,10H,2-3,8-9,11H2,1H3,(H,18,23)(H,24,25). The lowest BCUT2D eigenvalue weighted by Crippen LogP contribution is -2.23. The number of nitrogens with one attached hydrogen (secondary N) is 1. The quantitative estimate of drug-likeness (QED) is 0.479. The third kappa shape index (κ3) is 6.34. The summed E-state index contributed by atoms with van der Waals surface area (Å²) in [6.07, 6.45) is 2.29. The Kier molecular flexibility index (Phi) is 6.84. The Bertz CT molecular complexity index is 770. The van der Waals surface area contributed by atoms with E-state index >= 15 is 0 Å². The molecular weight excluding hydrogens is 340 g/mol. The lowest BCUT2D eigenvalue weighted by atomic mass is 10.1. The van der Waals surface area contributed by atoms with Crippen LogP contribution in [0.15, 0.2) is 30.5 Å². The number of aromatic nitrogens is 3. The van der Waals surface area contributed by atoms with E-state index in [1.807, 2.05) is 0 Å². The minimum absolute atomic E-state index is 0.00351. The third-order valence-electron chi connectivity index (χ3n) is 3.43. The fourth-order valence-electron chi connectivity index (χ4n) is 2.12. The summed E-state index contributed by atoms with van der Waals surface area (Å²) in [7, 11) is 0. The molecule has 26 heavy (non-hydrogen) atoms. The maximum atomic E-state index is 11.8. The van der Waals surface area contributed by atoms with Crippen molar-refractivity contribution in [3.8, 4) is 5.75 Å². The maximum Gasteiger partial charge on any atom is 0.325 e. The summed E-state index contributed by atoms with van der Waals surface area (Å²) in [5.41, 5.74) is 1.11. The average Bonchev–Trinajstić information content (AvgIpc) is 3.04. The number of hydrogen-bond acceptors (Lipinski definition) is 6. The van der Waals surface area contributed by atoms with Crippen molar-refractivity contribution >= 4 is 17.7 Å². The van der Waals surface area contributed by atoms with Crippen LogP contribution >= 0.6 is 0 Å². The van der Waals surface area contributed by atoms with Gasteiger partial charge in [-0.1, -0.05) is 5.21 Å². The zero-order valence-electron chi connectivity index (χ0n) is 14.3. The highest BCUT2D eigenvalue weighted by molar-refractivity contribution is 5.94. The second kappa shape index (κ2) is 9.30. The number of hydrogen-bond donors (Lipinski definition) is 2. The molecule has 9 nitrogen and oxygen atoms in total. The van der Waals surface area contributed by atoms with Crippen molar-refractivity contribution in [2.45, 2.75) is 32.9 Å². The van der Waals surface area contributed by atoms with Crippen molar-refractivity contribution in [1.82, 2.24) is 20.3 Å². The zero-order chi connectivity index (χ0) is 18.9. The van der Waals surface area contributed by atoms with Crippen LogP contribution in [0.5, 0.6) is 5.75 Å². The normalized spacial score (nSPS) is 10.3. The van der Waals surface area contributed by atoms with Gasteiger partial charge in [-0.3, -0.25) is 14.4 Å². The number of benzene rings is 1. The molecule has 1 aromatic heterocycles. The number of carbonyl (C=O) groups is 3. The predicted octanol–water partition coefficient (Wildman–Crippen LogP) is 1.04. The first kappa shape index (κ1) is 19.1. The number of carbonyl (C=O) groups excluding carboxylic acids is 2. The molecule has 2 N–H and O–H groups in total. The summed E-state index contributed by atoms with van der Waals surface area (Å²) in [5, 5.41) is 18.8. The van der Waals surface area contributed by atoms with E-state index in [1.165, 1.54) is 17.8 Å². The first-order valence-corrected chi connectivity index (χ1v) is 8.05. The van der Waals surface area contributed by atoms with E-state index in [0.29, 0.717) is 30.0 Å². The number of amides is 1. The Morgan fingerprint density at radius 3 is 2.62 bits per heavy atom. The smallest absolute Gasteiger partial charge is 0.325 e. The van der Waals surface area contributed by atoms with Crippen molar-refractivity contribution in [3.63, 3.8) is 0 Å². The van der Waals surface area contributed by atoms with Gasteiger partial charge in [-0.15, -0.1) is 5.10 Å². The van der Waals surface area contributed by atoms with Crippen molar-refractivity contribution in [2.24, 2.45) is 0 Å². The van der Waals surface area contributed by atoms with Crippen LogP contribution in [0.2, 0.25) is 0 Å². The van der Waals surface area contributed by atoms with Gasteiger partial charge in [-0.25, -0.2) is 4.68 Å². The van der Waals surface area contributed by atoms with E-state index in [-0.39, 0.29) is 31.2 Å². The van der Waals surface area contributed by atoms with Crippen LogP contribution in [0.25, 0.3) is 0 Å². The fraction of sp³-hybridized carbons (Fsp3) is 0.353. The van der Waals surface area contributed by atoms with Gasteiger partial charge in [0.2, 0.25) is 5.91 Å². The van der Waals surface area contributed by atoms with Crippen LogP contribution in [0, 0.1) is 0 Å². The lowest BCUT2D eigenvalue weighted by molar-refractivity contribution is -0.138. The minimum atomic E-state index is -1.01. The zero-order valence-corrected chi connectivity index (χ0v) is 14.3. The molecule has 0 atom stereocenters. The van der Waals surface area contributed by atoms with Gasteiger partial charge in [-0.2, -0.15) is 0 Å². The molecule has 138 valence electrons. The lowest BCUT2D eigenvalue weighted by Gasteiger charge is -2.07. The molecule has 1 heterocycles. The molecule has 0 unspecified atom stereocenters. The summed E-state index contributed by atoms with van der Waals surface area (Å²) in [6.45, 7) is 1.79. The molecule has 2 rings (SSSR count). The Morgan fingerprint density at radius 2 is 1.96 bits per heavy atom. The van der Waals surface area contributed by atoms with E-state index in [2.05, 4.69) is 15.6 Å². The van der Waals surface area contributed by atoms with Gasteiger partial charge in [0, 0.05) is 12.0 Å². The molecule has 1 aromatic carbocycles. The average molecular weight is 360 g/mol. The van der Waals surface area contributed by atoms with Gasteiger partial charge in [-0.05, 0) is 37.6 Å². The van der Waals surface area contributed by atoms with E-state index < -0.39 is 5.97 Å². The van der Waals surface area contributed by atoms with Crippen LogP contribution in [-0.4, -0.2) is 44.4 Å². The number of aliphatic carboxylic acids is 1. The summed E-state index contributed by atoms with van der Waals surface area (Å²) in [5.74, 6) is -0.531. The number of Topliss-reactive ketones (excluding diaryl/α,β-unsaturated/α-hetero) is 1. The Balaban J connectivity index is 1.63. The minimum Gasteiger partial charge on any atom is -0.494 e. The van der Waals surface area contributed by atoms with Crippen molar-refractivity contribution in [2.75, 3.05) is 6.61 Å². The Hall–Kier alpha value is -3.23. The van der Waals surface area contributed by atoms with Gasteiger partial charge in [0.25, 0.3) is 0 Å². The number of rotatable bonds is 10. The van der Waals surface area contributed by atoms with Gasteiger partial charge in [0.05, 0.1) is 19.3 Å². The summed E-state index contributed by atoms with van der Waals surface area (Å²) < 4.78 is 6.71. The van der Waals surface area contributed by atoms with Gasteiger partial charge >= 0.3 is 5.97 Å². The van der Waals surface area contributed by atoms with Gasteiger partial charge in [0.15, 0.2) is 5.78 Å². The van der Waals surface area contributed by atoms with Crippen molar-refractivity contribution < 1.29 is 24.2 Å². The number of carboxylic acids is 1. The van der Waals surface area contributed by atoms with Crippen LogP contribution < -0.4 is 10.1 Å². The van der Waals surface area contributed by atoms with Crippen LogP contribution in [0.3, 0.4) is 0 Å². The van der Waals surface area contributed by atoms with Crippen molar-refractivity contribution in [3.05, 3.63) is 41.7 Å². The Labute approximate surface area is 150 Å². The SMILES string of the molecule is CC(=O)c1ccc(OCCCC(=O)NCc2cn(CC(=O)O)nn2)cc1. The molecule has 0 spiro atoms. The summed E-state index contributed by atoms with van der Waals surface area (Å²) in [6, 6.07) is 6.83. The molecule has 0 saturated carbocycles. The molecule has 0 fully saturated rings. The van der Waals surface area contributed by atoms with Crippen LogP contribution in [0.1, 0.15) is 35.8 Å². The Morgan fingerprint density at radius 1 is 1.23 bits per heavy atom. The number of nitrogens with zero attached hydrogens (tertiary/aromatic N) is 3. The van der Waals surface area contributed by atoms with E-state index in [9.17, 15) is 14.4 Å². The molecule has 0 aliphatic carbocycles. The van der Waals surface area contributed by atoms with E-state index in [0.717, 1.165) is 0 Å². The van der Waals surface area contributed by atoms with Crippen molar-refractivity contribution in [1.29, 1.82) is 0 Å². The predicted molar refractivity (Wildman–Crippen MR) is 90.7 cm³/mol. The first-order chi connectivity index (χ1) is 12.4. The molecule has 0 saturated heterocycles. The highest BCUT2D eigenvalue weighted by Gasteiger charge is 2.07. The molecule has 2 aromatic rings. The fourth-order valence-corrected chi connectivity index (χ4v) is 2.12. The second-order valence-electron chi connectivity index (χ2n) is 5.61. The summed E-state index contributed by atoms with van der Waals surface area (Å²) >= 11 is 0. The van der Waals surface area contributed by atoms with Crippen LogP contribution in [-0.2, 0) is 22.7 Å². The monoisotopic (exact) mass is 360 g/mol. The molecule has 0 aliphatic heterocycles. The summed E-state index contributed by atoms with van der Waals surface area (Å²) in [4.78, 5) is 33.5. The third-order valence-corrected chi connectivity index (χ3v) is 3.43. The molecule has 0 radical (unpaired) electrons. The van der Waals surface area contributed by atoms with Gasteiger partial charge < -0.3 is 15.2 Å². The largest absolute Gasteiger partial charge is 0.494 e. The highest BCUT2D eigenvalue weighted by atomic mass is 16.5. The first-order valence-electron chi connectivity index (χ1n) is 8.05. The number of carboxylic acid groups (broad SMARTS) is 1. The topological polar surface area (TPSA) is 123 Å². The van der Waals surface area contributed by atoms with Crippen LogP contribution in [0.4, 0.5) is 0 Å². The molecule has 1 amide bonds. The van der Waals surface area contributed by atoms with E-state index in [4.69, 9.17) is 9.84 Å². The molecular formula is C17H20N4O5. The molecule has 0 bridgehead atoms. The van der Waals surface area contributed by atoms with Gasteiger partial charge in [0.1, 0.15) is 18.0 Å². The molecule has 9 heteroatoms. The second-order valence-corrected chi connectivity index (χ2v) is 5.61. The number of ether oxygens (including phenoxy) is 1. The molecule has 0 aliphatic rings. The maximum absolute atomic E-state index is 11.8. The number of ketones is 1. The highest BCUT2D eigenvalue weighted by Crippen LogP contribution is 2.13.